The summed E-state index contributed by atoms with van der Waals surface area (Å²) in [6.45, 7) is 0. The molecular weight excluding hydrogens is 266 g/mol. The Labute approximate surface area is 117 Å². The van der Waals surface area contributed by atoms with Gasteiger partial charge in [-0.3, -0.25) is 0 Å². The molecule has 1 aromatic carbocycles. The zero-order valence-electron chi connectivity index (χ0n) is 10.9. The number of rotatable bonds is 4. The van der Waals surface area contributed by atoms with Crippen molar-refractivity contribution in [3.63, 3.8) is 0 Å². The van der Waals surface area contributed by atoms with Crippen LogP contribution in [0.15, 0.2) is 18.2 Å². The number of carboxylic acids is 1. The maximum Gasteiger partial charge on any atom is 0.337 e. The van der Waals surface area contributed by atoms with Crippen LogP contribution in [-0.4, -0.2) is 30.3 Å². The molecule has 0 aromatic heterocycles. The molecule has 4 nitrogen and oxygen atoms in total. The Bertz CT molecular complexity index is 456. The van der Waals surface area contributed by atoms with Crippen molar-refractivity contribution >= 4 is 23.3 Å². The van der Waals surface area contributed by atoms with Gasteiger partial charge >= 0.3 is 5.97 Å². The van der Waals surface area contributed by atoms with E-state index in [1.54, 1.807) is 19.2 Å². The van der Waals surface area contributed by atoms with E-state index < -0.39 is 5.97 Å². The highest BCUT2D eigenvalue weighted by Crippen LogP contribution is 2.26. The lowest BCUT2D eigenvalue weighted by Gasteiger charge is -2.29. The third-order valence-corrected chi connectivity index (χ3v) is 3.90. The largest absolute Gasteiger partial charge is 0.478 e. The van der Waals surface area contributed by atoms with E-state index in [2.05, 4.69) is 5.32 Å². The van der Waals surface area contributed by atoms with E-state index in [0.29, 0.717) is 12.1 Å². The minimum atomic E-state index is -1.00. The molecule has 2 rings (SSSR count). The van der Waals surface area contributed by atoms with E-state index in [9.17, 15) is 4.79 Å². The second-order valence-corrected chi connectivity index (χ2v) is 5.26. The number of carbonyl (C=O) groups is 1. The first-order chi connectivity index (χ1) is 9.10. The van der Waals surface area contributed by atoms with Gasteiger partial charge in [0.2, 0.25) is 0 Å². The summed E-state index contributed by atoms with van der Waals surface area (Å²) in [5.74, 6) is -1.00. The lowest BCUT2D eigenvalue weighted by atomic mass is 9.93. The van der Waals surface area contributed by atoms with Crippen molar-refractivity contribution in [2.24, 2.45) is 0 Å². The van der Waals surface area contributed by atoms with Crippen molar-refractivity contribution in [2.75, 3.05) is 12.4 Å². The molecule has 1 aromatic rings. The first kappa shape index (κ1) is 14.2. The molecule has 0 heterocycles. The molecule has 104 valence electrons. The standard InChI is InChI=1S/C14H18ClNO3/c1-19-11-5-2-9(3-6-11)16-10-4-7-13(15)12(8-10)14(17)18/h4,7-9,11,16H,2-3,5-6H2,1H3,(H,17,18). The summed E-state index contributed by atoms with van der Waals surface area (Å²) in [4.78, 5) is 11.0. The van der Waals surface area contributed by atoms with Gasteiger partial charge in [0, 0.05) is 18.8 Å². The van der Waals surface area contributed by atoms with Crippen LogP contribution in [0.2, 0.25) is 5.02 Å². The second kappa shape index (κ2) is 6.26. The number of benzene rings is 1. The number of carboxylic acid groups (broad SMARTS) is 1. The van der Waals surface area contributed by atoms with Gasteiger partial charge < -0.3 is 15.2 Å². The van der Waals surface area contributed by atoms with Crippen LogP contribution in [0.5, 0.6) is 0 Å². The number of hydrogen-bond acceptors (Lipinski definition) is 3. The van der Waals surface area contributed by atoms with Crippen molar-refractivity contribution in [3.05, 3.63) is 28.8 Å². The van der Waals surface area contributed by atoms with Crippen LogP contribution in [-0.2, 0) is 4.74 Å². The average molecular weight is 284 g/mol. The minimum absolute atomic E-state index is 0.136. The summed E-state index contributed by atoms with van der Waals surface area (Å²) in [5.41, 5.74) is 0.944. The summed E-state index contributed by atoms with van der Waals surface area (Å²) >= 11 is 5.85. The van der Waals surface area contributed by atoms with E-state index in [1.165, 1.54) is 0 Å². The van der Waals surface area contributed by atoms with E-state index in [-0.39, 0.29) is 10.6 Å². The lowest BCUT2D eigenvalue weighted by molar-refractivity contribution is 0.0682. The van der Waals surface area contributed by atoms with Gasteiger partial charge in [0.25, 0.3) is 0 Å². The number of methoxy groups -OCH3 is 1. The van der Waals surface area contributed by atoms with Crippen molar-refractivity contribution < 1.29 is 14.6 Å². The summed E-state index contributed by atoms with van der Waals surface area (Å²) in [6.07, 6.45) is 4.49. The highest BCUT2D eigenvalue weighted by Gasteiger charge is 2.21. The third kappa shape index (κ3) is 3.61. The highest BCUT2D eigenvalue weighted by molar-refractivity contribution is 6.33. The van der Waals surface area contributed by atoms with Gasteiger partial charge in [-0.15, -0.1) is 0 Å². The number of anilines is 1. The number of ether oxygens (including phenoxy) is 1. The van der Waals surface area contributed by atoms with Crippen LogP contribution in [0.4, 0.5) is 5.69 Å². The molecule has 5 heteroatoms. The molecular formula is C14H18ClNO3. The Kier molecular flexibility index (Phi) is 4.66. The summed E-state index contributed by atoms with van der Waals surface area (Å²) < 4.78 is 5.33. The molecule has 1 fully saturated rings. The SMILES string of the molecule is COC1CCC(Nc2ccc(Cl)c(C(=O)O)c2)CC1. The van der Waals surface area contributed by atoms with Crippen molar-refractivity contribution in [1.29, 1.82) is 0 Å². The minimum Gasteiger partial charge on any atom is -0.478 e. The average Bonchev–Trinajstić information content (AvgIpc) is 2.41. The predicted molar refractivity (Wildman–Crippen MR) is 75.1 cm³/mol. The Morgan fingerprint density at radius 3 is 2.63 bits per heavy atom. The van der Waals surface area contributed by atoms with E-state index in [4.69, 9.17) is 21.4 Å². The molecule has 0 spiro atoms. The van der Waals surface area contributed by atoms with Gasteiger partial charge in [0.1, 0.15) is 0 Å². The fourth-order valence-corrected chi connectivity index (χ4v) is 2.66. The Morgan fingerprint density at radius 2 is 2.05 bits per heavy atom. The normalized spacial score (nSPS) is 23.1. The van der Waals surface area contributed by atoms with Gasteiger partial charge in [-0.1, -0.05) is 11.6 Å². The van der Waals surface area contributed by atoms with Crippen LogP contribution in [0, 0.1) is 0 Å². The van der Waals surface area contributed by atoms with E-state index >= 15 is 0 Å². The van der Waals surface area contributed by atoms with Gasteiger partial charge in [0.15, 0.2) is 0 Å². The van der Waals surface area contributed by atoms with Crippen LogP contribution >= 0.6 is 11.6 Å². The van der Waals surface area contributed by atoms with Gasteiger partial charge in [0.05, 0.1) is 16.7 Å². The van der Waals surface area contributed by atoms with Crippen LogP contribution < -0.4 is 5.32 Å². The van der Waals surface area contributed by atoms with Gasteiger partial charge in [-0.2, -0.15) is 0 Å². The molecule has 19 heavy (non-hydrogen) atoms. The Balaban J connectivity index is 2.00. The van der Waals surface area contributed by atoms with Crippen molar-refractivity contribution in [3.8, 4) is 0 Å². The lowest BCUT2D eigenvalue weighted by Crippen LogP contribution is -2.29. The molecule has 1 aliphatic carbocycles. The Morgan fingerprint density at radius 1 is 1.37 bits per heavy atom. The molecule has 0 atom stereocenters. The van der Waals surface area contributed by atoms with Crippen LogP contribution in [0.25, 0.3) is 0 Å². The summed E-state index contributed by atoms with van der Waals surface area (Å²) in [6, 6.07) is 5.40. The van der Waals surface area contributed by atoms with Crippen LogP contribution in [0.3, 0.4) is 0 Å². The quantitative estimate of drug-likeness (QED) is 0.889. The monoisotopic (exact) mass is 283 g/mol. The zero-order valence-corrected chi connectivity index (χ0v) is 11.6. The number of hydrogen-bond donors (Lipinski definition) is 2. The fourth-order valence-electron chi connectivity index (χ4n) is 2.46. The number of halogens is 1. The maximum atomic E-state index is 11.0. The van der Waals surface area contributed by atoms with Gasteiger partial charge in [-0.25, -0.2) is 4.79 Å². The maximum absolute atomic E-state index is 11.0. The first-order valence-electron chi connectivity index (χ1n) is 6.42. The van der Waals surface area contributed by atoms with Crippen molar-refractivity contribution in [1.82, 2.24) is 0 Å². The molecule has 0 aliphatic heterocycles. The fraction of sp³-hybridized carbons (Fsp3) is 0.500. The molecule has 2 N–H and O–H groups in total. The topological polar surface area (TPSA) is 58.6 Å². The van der Waals surface area contributed by atoms with E-state index in [1.807, 2.05) is 6.07 Å². The predicted octanol–water partition coefficient (Wildman–Crippen LogP) is 3.41. The summed E-state index contributed by atoms with van der Waals surface area (Å²) in [7, 11) is 1.75. The summed E-state index contributed by atoms with van der Waals surface area (Å²) in [5, 5.41) is 12.7. The van der Waals surface area contributed by atoms with E-state index in [0.717, 1.165) is 31.4 Å². The number of aromatic carboxylic acids is 1. The van der Waals surface area contributed by atoms with Crippen molar-refractivity contribution in [2.45, 2.75) is 37.8 Å². The second-order valence-electron chi connectivity index (χ2n) is 4.85. The van der Waals surface area contributed by atoms with Crippen LogP contribution in [0.1, 0.15) is 36.0 Å². The van der Waals surface area contributed by atoms with Gasteiger partial charge in [-0.05, 0) is 43.9 Å². The molecule has 1 saturated carbocycles. The first-order valence-corrected chi connectivity index (χ1v) is 6.80. The molecule has 0 saturated heterocycles. The molecule has 0 amide bonds. The smallest absolute Gasteiger partial charge is 0.337 e. The molecule has 1 aliphatic rings. The Hall–Kier alpha value is -1.26. The zero-order chi connectivity index (χ0) is 13.8. The molecule has 0 radical (unpaired) electrons. The molecule has 0 unspecified atom stereocenters. The number of nitrogens with one attached hydrogen (secondary N) is 1. The third-order valence-electron chi connectivity index (χ3n) is 3.58. The molecule has 0 bridgehead atoms. The highest BCUT2D eigenvalue weighted by atomic mass is 35.5.